The van der Waals surface area contributed by atoms with E-state index < -0.39 is 0 Å². The third-order valence-corrected chi connectivity index (χ3v) is 3.51. The van der Waals surface area contributed by atoms with E-state index in [4.69, 9.17) is 19.9 Å². The number of ether oxygens (including phenoxy) is 3. The van der Waals surface area contributed by atoms with Gasteiger partial charge in [0.2, 0.25) is 0 Å². The molecule has 0 spiro atoms. The maximum Gasteiger partial charge on any atom is 0.161 e. The predicted octanol–water partition coefficient (Wildman–Crippen LogP) is 3.05. The normalized spacial score (nSPS) is 17.4. The van der Waals surface area contributed by atoms with Crippen LogP contribution in [0.2, 0.25) is 0 Å². The molecule has 0 radical (unpaired) electrons. The summed E-state index contributed by atoms with van der Waals surface area (Å²) in [6.07, 6.45) is 2.98. The number of hydrogen-bond acceptors (Lipinski definition) is 4. The van der Waals surface area contributed by atoms with Gasteiger partial charge < -0.3 is 19.9 Å². The molecule has 0 amide bonds. The zero-order valence-corrected chi connectivity index (χ0v) is 12.4. The highest BCUT2D eigenvalue weighted by Crippen LogP contribution is 2.33. The molecule has 1 aromatic rings. The van der Waals surface area contributed by atoms with Crippen molar-refractivity contribution in [3.05, 3.63) is 23.8 Å². The van der Waals surface area contributed by atoms with Crippen molar-refractivity contribution in [2.24, 2.45) is 5.73 Å². The lowest BCUT2D eigenvalue weighted by molar-refractivity contribution is 0.0374. The SMILES string of the molecule is CCCC(OCC)C(N)c1ccc2c(c1)OCCCO2. The van der Waals surface area contributed by atoms with E-state index >= 15 is 0 Å². The van der Waals surface area contributed by atoms with Crippen LogP contribution in [0.25, 0.3) is 0 Å². The summed E-state index contributed by atoms with van der Waals surface area (Å²) >= 11 is 0. The standard InChI is InChI=1S/C16H25NO3/c1-3-6-14(18-4-2)16(17)12-7-8-13-15(11-12)20-10-5-9-19-13/h7-8,11,14,16H,3-6,9-10,17H2,1-2H3. The fraction of sp³-hybridized carbons (Fsp3) is 0.625. The second-order valence-corrected chi connectivity index (χ2v) is 5.06. The van der Waals surface area contributed by atoms with Crippen LogP contribution in [-0.4, -0.2) is 25.9 Å². The van der Waals surface area contributed by atoms with Gasteiger partial charge in [0.1, 0.15) is 0 Å². The van der Waals surface area contributed by atoms with Crippen LogP contribution < -0.4 is 15.2 Å². The molecule has 1 aliphatic heterocycles. The van der Waals surface area contributed by atoms with Crippen molar-refractivity contribution >= 4 is 0 Å². The second kappa shape index (κ2) is 7.50. The molecule has 4 heteroatoms. The molecular weight excluding hydrogens is 254 g/mol. The van der Waals surface area contributed by atoms with Crippen molar-refractivity contribution in [2.75, 3.05) is 19.8 Å². The van der Waals surface area contributed by atoms with Crippen LogP contribution >= 0.6 is 0 Å². The Balaban J connectivity index is 2.16. The Morgan fingerprint density at radius 2 is 1.95 bits per heavy atom. The van der Waals surface area contributed by atoms with Crippen LogP contribution in [0.1, 0.15) is 44.7 Å². The first-order valence-corrected chi connectivity index (χ1v) is 7.53. The zero-order valence-electron chi connectivity index (χ0n) is 12.4. The highest BCUT2D eigenvalue weighted by molar-refractivity contribution is 5.44. The molecule has 0 aliphatic carbocycles. The van der Waals surface area contributed by atoms with Gasteiger partial charge >= 0.3 is 0 Å². The van der Waals surface area contributed by atoms with Crippen molar-refractivity contribution in [3.8, 4) is 11.5 Å². The van der Waals surface area contributed by atoms with Gasteiger partial charge in [-0.25, -0.2) is 0 Å². The van der Waals surface area contributed by atoms with Crippen molar-refractivity contribution < 1.29 is 14.2 Å². The number of fused-ring (bicyclic) bond motifs is 1. The molecule has 2 rings (SSSR count). The average Bonchev–Trinajstić information content (AvgIpc) is 2.70. The molecule has 0 saturated heterocycles. The van der Waals surface area contributed by atoms with Crippen LogP contribution in [0, 0.1) is 0 Å². The molecule has 2 unspecified atom stereocenters. The topological polar surface area (TPSA) is 53.7 Å². The van der Waals surface area contributed by atoms with E-state index in [2.05, 4.69) is 6.92 Å². The minimum absolute atomic E-state index is 0.0507. The number of hydrogen-bond donors (Lipinski definition) is 1. The largest absolute Gasteiger partial charge is 0.490 e. The van der Waals surface area contributed by atoms with E-state index in [1.807, 2.05) is 25.1 Å². The van der Waals surface area contributed by atoms with Crippen LogP contribution in [-0.2, 0) is 4.74 Å². The van der Waals surface area contributed by atoms with Crippen LogP contribution in [0.15, 0.2) is 18.2 Å². The third kappa shape index (κ3) is 3.64. The molecule has 0 saturated carbocycles. The van der Waals surface area contributed by atoms with Crippen LogP contribution in [0.5, 0.6) is 11.5 Å². The van der Waals surface area contributed by atoms with Crippen molar-refractivity contribution in [1.29, 1.82) is 0 Å². The zero-order chi connectivity index (χ0) is 14.4. The molecule has 2 atom stereocenters. The first-order chi connectivity index (χ1) is 9.76. The van der Waals surface area contributed by atoms with Gasteiger partial charge in [-0.05, 0) is 31.0 Å². The minimum atomic E-state index is -0.132. The molecule has 4 nitrogen and oxygen atoms in total. The quantitative estimate of drug-likeness (QED) is 0.869. The molecule has 112 valence electrons. The van der Waals surface area contributed by atoms with Gasteiger partial charge in [-0.15, -0.1) is 0 Å². The average molecular weight is 279 g/mol. The summed E-state index contributed by atoms with van der Waals surface area (Å²) in [6, 6.07) is 5.82. The van der Waals surface area contributed by atoms with E-state index in [0.717, 1.165) is 36.3 Å². The van der Waals surface area contributed by atoms with Crippen LogP contribution in [0.3, 0.4) is 0 Å². The lowest BCUT2D eigenvalue weighted by Gasteiger charge is -2.24. The monoisotopic (exact) mass is 279 g/mol. The van der Waals surface area contributed by atoms with E-state index in [9.17, 15) is 0 Å². The summed E-state index contributed by atoms with van der Waals surface area (Å²) in [5.74, 6) is 1.60. The molecule has 1 heterocycles. The maximum atomic E-state index is 6.36. The first kappa shape index (κ1) is 15.1. The van der Waals surface area contributed by atoms with Crippen molar-refractivity contribution in [3.63, 3.8) is 0 Å². The third-order valence-electron chi connectivity index (χ3n) is 3.51. The van der Waals surface area contributed by atoms with E-state index in [-0.39, 0.29) is 12.1 Å². The Hall–Kier alpha value is -1.26. The van der Waals surface area contributed by atoms with Gasteiger partial charge in [0, 0.05) is 13.0 Å². The Morgan fingerprint density at radius 3 is 2.65 bits per heavy atom. The van der Waals surface area contributed by atoms with Gasteiger partial charge in [0.25, 0.3) is 0 Å². The summed E-state index contributed by atoms with van der Waals surface area (Å²) in [5.41, 5.74) is 7.40. The molecular formula is C16H25NO3. The Morgan fingerprint density at radius 1 is 1.20 bits per heavy atom. The van der Waals surface area contributed by atoms with Gasteiger partial charge in [-0.2, -0.15) is 0 Å². The number of benzene rings is 1. The van der Waals surface area contributed by atoms with Crippen LogP contribution in [0.4, 0.5) is 0 Å². The van der Waals surface area contributed by atoms with Gasteiger partial charge in [0.05, 0.1) is 25.4 Å². The van der Waals surface area contributed by atoms with E-state index in [0.29, 0.717) is 19.8 Å². The Kier molecular flexibility index (Phi) is 5.68. The van der Waals surface area contributed by atoms with Crippen molar-refractivity contribution in [2.45, 2.75) is 45.3 Å². The fourth-order valence-corrected chi connectivity index (χ4v) is 2.47. The molecule has 1 aliphatic rings. The summed E-state index contributed by atoms with van der Waals surface area (Å²) < 4.78 is 17.1. The highest BCUT2D eigenvalue weighted by Gasteiger charge is 2.21. The fourth-order valence-electron chi connectivity index (χ4n) is 2.47. The molecule has 2 N–H and O–H groups in total. The Bertz CT molecular complexity index is 416. The smallest absolute Gasteiger partial charge is 0.161 e. The maximum absolute atomic E-state index is 6.36. The lowest BCUT2D eigenvalue weighted by atomic mass is 9.98. The summed E-state index contributed by atoms with van der Waals surface area (Å²) in [5, 5.41) is 0. The molecule has 0 fully saturated rings. The molecule has 20 heavy (non-hydrogen) atoms. The summed E-state index contributed by atoms with van der Waals surface area (Å²) in [4.78, 5) is 0. The van der Waals surface area contributed by atoms with E-state index in [1.54, 1.807) is 0 Å². The first-order valence-electron chi connectivity index (χ1n) is 7.53. The van der Waals surface area contributed by atoms with E-state index in [1.165, 1.54) is 0 Å². The molecule has 1 aromatic carbocycles. The minimum Gasteiger partial charge on any atom is -0.490 e. The number of rotatable bonds is 6. The molecule has 0 aromatic heterocycles. The van der Waals surface area contributed by atoms with Crippen molar-refractivity contribution in [1.82, 2.24) is 0 Å². The van der Waals surface area contributed by atoms with Gasteiger partial charge in [-0.3, -0.25) is 0 Å². The van der Waals surface area contributed by atoms with Gasteiger partial charge in [0.15, 0.2) is 11.5 Å². The Labute approximate surface area is 121 Å². The molecule has 0 bridgehead atoms. The lowest BCUT2D eigenvalue weighted by Crippen LogP contribution is -2.29. The second-order valence-electron chi connectivity index (χ2n) is 5.06. The predicted molar refractivity (Wildman–Crippen MR) is 79.3 cm³/mol. The van der Waals surface area contributed by atoms with Gasteiger partial charge in [-0.1, -0.05) is 19.4 Å². The number of nitrogens with two attached hydrogens (primary N) is 1. The summed E-state index contributed by atoms with van der Waals surface area (Å²) in [7, 11) is 0. The summed E-state index contributed by atoms with van der Waals surface area (Å²) in [6.45, 7) is 6.23. The highest BCUT2D eigenvalue weighted by atomic mass is 16.5.